The van der Waals surface area contributed by atoms with Crippen molar-refractivity contribution in [2.24, 2.45) is 0 Å². The number of fused-ring (bicyclic) bond motifs is 1. The zero-order valence-electron chi connectivity index (χ0n) is 10.9. The monoisotopic (exact) mass is 321 g/mol. The van der Waals surface area contributed by atoms with E-state index in [-0.39, 0.29) is 0 Å². The predicted octanol–water partition coefficient (Wildman–Crippen LogP) is 3.28. The highest BCUT2D eigenvalue weighted by atomic mass is 79.9. The van der Waals surface area contributed by atoms with Gasteiger partial charge < -0.3 is 9.30 Å². The summed E-state index contributed by atoms with van der Waals surface area (Å²) in [6, 6.07) is 6.43. The molecule has 2 heterocycles. The van der Waals surface area contributed by atoms with Gasteiger partial charge in [0, 0.05) is 12.1 Å². The number of benzene rings is 1. The fourth-order valence-electron chi connectivity index (χ4n) is 2.42. The van der Waals surface area contributed by atoms with Crippen LogP contribution in [0.5, 0.6) is 0 Å². The number of alkyl halides is 1. The molecule has 1 aromatic heterocycles. The molecule has 0 fully saturated rings. The largest absolute Gasteiger partial charge is 0.372 e. The Morgan fingerprint density at radius 2 is 2.11 bits per heavy atom. The van der Waals surface area contributed by atoms with Crippen molar-refractivity contribution in [2.45, 2.75) is 38.4 Å². The molecule has 0 saturated heterocycles. The minimum atomic E-state index is 0.705. The third-order valence-corrected chi connectivity index (χ3v) is 3.88. The summed E-state index contributed by atoms with van der Waals surface area (Å²) >= 11 is 3.47. The first-order valence-electron chi connectivity index (χ1n) is 6.51. The summed E-state index contributed by atoms with van der Waals surface area (Å²) in [5, 5.41) is 9.33. The summed E-state index contributed by atoms with van der Waals surface area (Å²) in [6.07, 6.45) is 1.07. The molecule has 0 amide bonds. The summed E-state index contributed by atoms with van der Waals surface area (Å²) in [5.74, 6) is 1.93. The van der Waals surface area contributed by atoms with Crippen molar-refractivity contribution in [3.63, 3.8) is 0 Å². The van der Waals surface area contributed by atoms with Crippen LogP contribution in [0.1, 0.15) is 30.3 Å². The third kappa shape index (κ3) is 2.32. The molecule has 0 atom stereocenters. The van der Waals surface area contributed by atoms with Gasteiger partial charge in [-0.2, -0.15) is 0 Å². The molecule has 0 bridgehead atoms. The smallest absolute Gasteiger partial charge is 0.163 e. The molecule has 0 unspecified atom stereocenters. The fraction of sp³-hybridized carbons (Fsp3) is 0.429. The molecule has 0 saturated carbocycles. The summed E-state index contributed by atoms with van der Waals surface area (Å²) < 4.78 is 7.65. The second-order valence-corrected chi connectivity index (χ2v) is 5.26. The Morgan fingerprint density at radius 1 is 1.26 bits per heavy atom. The van der Waals surface area contributed by atoms with Crippen molar-refractivity contribution in [3.8, 4) is 11.4 Å². The lowest BCUT2D eigenvalue weighted by Gasteiger charge is -2.08. The first-order valence-corrected chi connectivity index (χ1v) is 7.63. The topological polar surface area (TPSA) is 39.9 Å². The van der Waals surface area contributed by atoms with Crippen LogP contribution in [0.3, 0.4) is 0 Å². The van der Waals surface area contributed by atoms with E-state index in [1.807, 2.05) is 0 Å². The van der Waals surface area contributed by atoms with Crippen molar-refractivity contribution in [2.75, 3.05) is 0 Å². The van der Waals surface area contributed by atoms with Crippen LogP contribution in [0, 0.1) is 0 Å². The lowest BCUT2D eigenvalue weighted by Crippen LogP contribution is -2.04. The van der Waals surface area contributed by atoms with E-state index in [4.69, 9.17) is 4.74 Å². The Balaban J connectivity index is 2.04. The molecule has 0 spiro atoms. The zero-order valence-corrected chi connectivity index (χ0v) is 12.5. The number of nitrogens with zero attached hydrogens (tertiary/aromatic N) is 3. The molecule has 3 rings (SSSR count). The van der Waals surface area contributed by atoms with E-state index >= 15 is 0 Å². The van der Waals surface area contributed by atoms with E-state index < -0.39 is 0 Å². The number of aromatic nitrogens is 3. The molecule has 1 aromatic carbocycles. The van der Waals surface area contributed by atoms with Gasteiger partial charge in [-0.1, -0.05) is 35.0 Å². The quantitative estimate of drug-likeness (QED) is 0.811. The van der Waals surface area contributed by atoms with Gasteiger partial charge in [-0.25, -0.2) is 0 Å². The molecule has 1 aliphatic rings. The van der Waals surface area contributed by atoms with Crippen LogP contribution in [-0.2, 0) is 29.8 Å². The molecule has 4 nitrogen and oxygen atoms in total. The lowest BCUT2D eigenvalue weighted by molar-refractivity contribution is 0.134. The highest BCUT2D eigenvalue weighted by Gasteiger charge is 2.16. The van der Waals surface area contributed by atoms with Crippen molar-refractivity contribution in [3.05, 3.63) is 35.2 Å². The van der Waals surface area contributed by atoms with E-state index in [2.05, 4.69) is 55.8 Å². The summed E-state index contributed by atoms with van der Waals surface area (Å²) in [7, 11) is 0. The molecular formula is C14H16BrN3O. The maximum absolute atomic E-state index is 5.46. The standard InChI is InChI=1S/C14H16BrN3O/c1-2-5-18-13(7-15)16-17-14(18)10-3-4-11-8-19-9-12(11)6-10/h3-4,6H,2,5,7-9H2,1H3. The van der Waals surface area contributed by atoms with E-state index in [0.717, 1.165) is 42.1 Å². The van der Waals surface area contributed by atoms with Crippen LogP contribution in [0.4, 0.5) is 0 Å². The maximum atomic E-state index is 5.46. The van der Waals surface area contributed by atoms with Gasteiger partial charge in [-0.15, -0.1) is 10.2 Å². The van der Waals surface area contributed by atoms with E-state index in [9.17, 15) is 0 Å². The summed E-state index contributed by atoms with van der Waals surface area (Å²) in [5.41, 5.74) is 3.67. The SMILES string of the molecule is CCCn1c(CBr)nnc1-c1ccc2c(c1)COC2. The average molecular weight is 322 g/mol. The second kappa shape index (κ2) is 5.43. The molecule has 0 aliphatic carbocycles. The maximum Gasteiger partial charge on any atom is 0.163 e. The number of halogens is 1. The Hall–Kier alpha value is -1.20. The van der Waals surface area contributed by atoms with E-state index in [1.165, 1.54) is 11.1 Å². The number of hydrogen-bond acceptors (Lipinski definition) is 3. The van der Waals surface area contributed by atoms with E-state index in [0.29, 0.717) is 6.61 Å². The predicted molar refractivity (Wildman–Crippen MR) is 76.9 cm³/mol. The van der Waals surface area contributed by atoms with Gasteiger partial charge >= 0.3 is 0 Å². The number of ether oxygens (including phenoxy) is 1. The van der Waals surface area contributed by atoms with Gasteiger partial charge in [0.2, 0.25) is 0 Å². The van der Waals surface area contributed by atoms with Crippen LogP contribution in [0.15, 0.2) is 18.2 Å². The third-order valence-electron chi connectivity index (χ3n) is 3.37. The average Bonchev–Trinajstić information content (AvgIpc) is 3.04. The molecule has 0 N–H and O–H groups in total. The number of hydrogen-bond donors (Lipinski definition) is 0. The van der Waals surface area contributed by atoms with Gasteiger partial charge in [0.25, 0.3) is 0 Å². The van der Waals surface area contributed by atoms with Crippen LogP contribution in [-0.4, -0.2) is 14.8 Å². The van der Waals surface area contributed by atoms with Gasteiger partial charge in [0.15, 0.2) is 5.82 Å². The molecule has 0 radical (unpaired) electrons. The molecule has 2 aromatic rings. The molecular weight excluding hydrogens is 306 g/mol. The Bertz CT molecular complexity index is 594. The minimum absolute atomic E-state index is 0.705. The number of rotatable bonds is 4. The Labute approximate surface area is 120 Å². The van der Waals surface area contributed by atoms with Crippen molar-refractivity contribution in [1.29, 1.82) is 0 Å². The van der Waals surface area contributed by atoms with Crippen molar-refractivity contribution in [1.82, 2.24) is 14.8 Å². The van der Waals surface area contributed by atoms with Crippen LogP contribution >= 0.6 is 15.9 Å². The Kier molecular flexibility index (Phi) is 3.66. The highest BCUT2D eigenvalue weighted by Crippen LogP contribution is 2.26. The summed E-state index contributed by atoms with van der Waals surface area (Å²) in [4.78, 5) is 0. The first kappa shape index (κ1) is 12.8. The zero-order chi connectivity index (χ0) is 13.2. The van der Waals surface area contributed by atoms with Crippen LogP contribution in [0.25, 0.3) is 11.4 Å². The van der Waals surface area contributed by atoms with Gasteiger partial charge in [-0.05, 0) is 23.6 Å². The lowest BCUT2D eigenvalue weighted by atomic mass is 10.1. The van der Waals surface area contributed by atoms with Crippen LogP contribution < -0.4 is 0 Å². The second-order valence-electron chi connectivity index (χ2n) is 4.70. The highest BCUT2D eigenvalue weighted by molar-refractivity contribution is 9.08. The van der Waals surface area contributed by atoms with E-state index in [1.54, 1.807) is 0 Å². The van der Waals surface area contributed by atoms with Crippen molar-refractivity contribution < 1.29 is 4.74 Å². The molecule has 5 heteroatoms. The summed E-state index contributed by atoms with van der Waals surface area (Å²) in [6.45, 7) is 4.54. The molecule has 1 aliphatic heterocycles. The van der Waals surface area contributed by atoms with Crippen molar-refractivity contribution >= 4 is 15.9 Å². The van der Waals surface area contributed by atoms with Crippen LogP contribution in [0.2, 0.25) is 0 Å². The normalized spacial score (nSPS) is 13.8. The fourth-order valence-corrected chi connectivity index (χ4v) is 2.83. The molecule has 100 valence electrons. The Morgan fingerprint density at radius 3 is 2.89 bits per heavy atom. The van der Waals surface area contributed by atoms with Gasteiger partial charge in [-0.3, -0.25) is 0 Å². The molecule has 19 heavy (non-hydrogen) atoms. The minimum Gasteiger partial charge on any atom is -0.372 e. The van der Waals surface area contributed by atoms with Gasteiger partial charge in [0.05, 0.1) is 18.5 Å². The van der Waals surface area contributed by atoms with Gasteiger partial charge in [0.1, 0.15) is 5.82 Å². The first-order chi connectivity index (χ1) is 9.33.